The van der Waals surface area contributed by atoms with Gasteiger partial charge < -0.3 is 9.47 Å². The minimum atomic E-state index is -0.984. The van der Waals surface area contributed by atoms with Crippen LogP contribution in [0.3, 0.4) is 0 Å². The normalized spacial score (nSPS) is 16.1. The lowest BCUT2D eigenvalue weighted by Gasteiger charge is -2.19. The van der Waals surface area contributed by atoms with E-state index in [1.54, 1.807) is 49.4 Å². The lowest BCUT2D eigenvalue weighted by atomic mass is 10.2. The summed E-state index contributed by atoms with van der Waals surface area (Å²) < 4.78 is 23.7. The van der Waals surface area contributed by atoms with Crippen molar-refractivity contribution in [3.63, 3.8) is 0 Å². The molecule has 156 valence electrons. The molecule has 2 aromatic rings. The number of halogens is 1. The number of benzene rings is 2. The van der Waals surface area contributed by atoms with Crippen LogP contribution in [0.1, 0.15) is 25.0 Å². The van der Waals surface area contributed by atoms with E-state index in [1.807, 2.05) is 0 Å². The largest absolute Gasteiger partial charge is 0.489 e. The zero-order valence-electron chi connectivity index (χ0n) is 16.5. The summed E-state index contributed by atoms with van der Waals surface area (Å²) >= 11 is 0.778. The van der Waals surface area contributed by atoms with Crippen molar-refractivity contribution in [1.29, 1.82) is 0 Å². The van der Waals surface area contributed by atoms with E-state index in [0.29, 0.717) is 16.9 Å². The molecule has 1 saturated heterocycles. The van der Waals surface area contributed by atoms with Crippen molar-refractivity contribution < 1.29 is 28.2 Å². The van der Waals surface area contributed by atoms with E-state index in [9.17, 15) is 18.8 Å². The van der Waals surface area contributed by atoms with Crippen LogP contribution >= 0.6 is 11.8 Å². The van der Waals surface area contributed by atoms with Crippen LogP contribution in [-0.2, 0) is 20.9 Å². The van der Waals surface area contributed by atoms with Crippen LogP contribution in [0.25, 0.3) is 6.08 Å². The molecule has 30 heavy (non-hydrogen) atoms. The van der Waals surface area contributed by atoms with Crippen LogP contribution in [-0.4, -0.2) is 34.7 Å². The zero-order valence-corrected chi connectivity index (χ0v) is 17.3. The number of amides is 2. The molecule has 1 aliphatic heterocycles. The van der Waals surface area contributed by atoms with Crippen LogP contribution in [0.4, 0.5) is 9.18 Å². The monoisotopic (exact) mass is 429 g/mol. The summed E-state index contributed by atoms with van der Waals surface area (Å²) in [5, 5.41) is -0.512. The Kier molecular flexibility index (Phi) is 6.89. The summed E-state index contributed by atoms with van der Waals surface area (Å²) in [7, 11) is 0. The third-order valence-electron chi connectivity index (χ3n) is 4.31. The fraction of sp³-hybridized carbons (Fsp3) is 0.227. The van der Waals surface area contributed by atoms with E-state index in [4.69, 9.17) is 9.47 Å². The number of carbonyl (C=O) groups is 3. The molecular weight excluding hydrogens is 409 g/mol. The first kappa shape index (κ1) is 21.6. The molecule has 6 nitrogen and oxygen atoms in total. The van der Waals surface area contributed by atoms with Gasteiger partial charge in [0, 0.05) is 0 Å². The second kappa shape index (κ2) is 9.58. The van der Waals surface area contributed by atoms with Crippen molar-refractivity contribution in [3.05, 3.63) is 70.4 Å². The highest BCUT2D eigenvalue weighted by Gasteiger charge is 2.41. The van der Waals surface area contributed by atoms with Crippen molar-refractivity contribution in [1.82, 2.24) is 4.90 Å². The number of imide groups is 1. The van der Waals surface area contributed by atoms with Gasteiger partial charge in [-0.1, -0.05) is 24.3 Å². The minimum absolute atomic E-state index is 0.170. The molecular formula is C22H20FNO5S. The average molecular weight is 429 g/mol. The molecule has 0 N–H and O–H groups in total. The Bertz CT molecular complexity index is 989. The average Bonchev–Trinajstić information content (AvgIpc) is 3.00. The number of carbonyl (C=O) groups excluding carboxylic acids is 3. The molecule has 0 bridgehead atoms. The Labute approximate surface area is 177 Å². The van der Waals surface area contributed by atoms with Gasteiger partial charge in [-0.15, -0.1) is 0 Å². The number of hydrogen-bond donors (Lipinski definition) is 0. The first-order valence-corrected chi connectivity index (χ1v) is 10.1. The van der Waals surface area contributed by atoms with Crippen molar-refractivity contribution in [2.24, 2.45) is 0 Å². The van der Waals surface area contributed by atoms with Crippen LogP contribution in [0.2, 0.25) is 0 Å². The number of nitrogens with zero attached hydrogens (tertiary/aromatic N) is 1. The highest BCUT2D eigenvalue weighted by molar-refractivity contribution is 8.18. The van der Waals surface area contributed by atoms with E-state index in [1.165, 1.54) is 19.1 Å². The van der Waals surface area contributed by atoms with E-state index in [-0.39, 0.29) is 23.9 Å². The molecule has 1 fully saturated rings. The molecule has 1 aliphatic rings. The Balaban J connectivity index is 1.66. The fourth-order valence-electron chi connectivity index (χ4n) is 2.79. The lowest BCUT2D eigenvalue weighted by Crippen LogP contribution is -2.42. The zero-order chi connectivity index (χ0) is 21.7. The predicted octanol–water partition coefficient (Wildman–Crippen LogP) is 4.39. The Morgan fingerprint density at radius 2 is 1.93 bits per heavy atom. The summed E-state index contributed by atoms with van der Waals surface area (Å²) in [6, 6.07) is 12.1. The van der Waals surface area contributed by atoms with Crippen LogP contribution in [0, 0.1) is 5.82 Å². The molecule has 0 unspecified atom stereocenters. The second-order valence-electron chi connectivity index (χ2n) is 6.47. The van der Waals surface area contributed by atoms with Gasteiger partial charge >= 0.3 is 5.97 Å². The Morgan fingerprint density at radius 3 is 2.60 bits per heavy atom. The highest BCUT2D eigenvalue weighted by Crippen LogP contribution is 2.34. The van der Waals surface area contributed by atoms with E-state index >= 15 is 0 Å². The van der Waals surface area contributed by atoms with Gasteiger partial charge in [-0.2, -0.15) is 0 Å². The highest BCUT2D eigenvalue weighted by atomic mass is 32.2. The van der Waals surface area contributed by atoms with Crippen molar-refractivity contribution in [3.8, 4) is 5.75 Å². The van der Waals surface area contributed by atoms with Gasteiger partial charge in [-0.05, 0) is 67.1 Å². The Morgan fingerprint density at radius 1 is 1.20 bits per heavy atom. The first-order chi connectivity index (χ1) is 14.4. The molecule has 8 heteroatoms. The molecule has 0 spiro atoms. The van der Waals surface area contributed by atoms with Gasteiger partial charge in [0.05, 0.1) is 11.5 Å². The SMILES string of the molecule is CCOC(=O)[C@H](C)N1C(=O)S/C(=C/c2ccc(OCc3cccc(F)c3)cc2)C1=O. The summed E-state index contributed by atoms with van der Waals surface area (Å²) in [4.78, 5) is 37.8. The summed E-state index contributed by atoms with van der Waals surface area (Å²) in [6.07, 6.45) is 1.58. The molecule has 0 aliphatic carbocycles. The van der Waals surface area contributed by atoms with Gasteiger partial charge in [-0.3, -0.25) is 14.5 Å². The van der Waals surface area contributed by atoms with Crippen molar-refractivity contribution >= 4 is 35.0 Å². The van der Waals surface area contributed by atoms with Gasteiger partial charge in [0.15, 0.2) is 0 Å². The van der Waals surface area contributed by atoms with Crippen molar-refractivity contribution in [2.75, 3.05) is 6.61 Å². The molecule has 1 atom stereocenters. The molecule has 2 amide bonds. The van der Waals surface area contributed by atoms with E-state index < -0.39 is 23.2 Å². The minimum Gasteiger partial charge on any atom is -0.489 e. The quantitative estimate of drug-likeness (QED) is 0.480. The molecule has 0 radical (unpaired) electrons. The van der Waals surface area contributed by atoms with Gasteiger partial charge in [0.25, 0.3) is 11.1 Å². The molecule has 0 saturated carbocycles. The summed E-state index contributed by atoms with van der Waals surface area (Å²) in [5.41, 5.74) is 1.41. The van der Waals surface area contributed by atoms with E-state index in [0.717, 1.165) is 16.7 Å². The predicted molar refractivity (Wildman–Crippen MR) is 111 cm³/mol. The molecule has 1 heterocycles. The summed E-state index contributed by atoms with van der Waals surface area (Å²) in [5.74, 6) is -0.893. The third kappa shape index (κ3) is 5.07. The van der Waals surface area contributed by atoms with Gasteiger partial charge in [-0.25, -0.2) is 9.18 Å². The lowest BCUT2D eigenvalue weighted by molar-refractivity contribution is -0.150. The maximum absolute atomic E-state index is 13.2. The van der Waals surface area contributed by atoms with Crippen molar-refractivity contribution in [2.45, 2.75) is 26.5 Å². The number of ether oxygens (including phenoxy) is 2. The maximum Gasteiger partial charge on any atom is 0.329 e. The topological polar surface area (TPSA) is 72.9 Å². The summed E-state index contributed by atoms with van der Waals surface area (Å²) in [6.45, 7) is 3.51. The van der Waals surface area contributed by atoms with Crippen LogP contribution in [0.5, 0.6) is 5.75 Å². The smallest absolute Gasteiger partial charge is 0.329 e. The fourth-order valence-corrected chi connectivity index (χ4v) is 3.70. The molecule has 0 aromatic heterocycles. The molecule has 2 aromatic carbocycles. The van der Waals surface area contributed by atoms with Crippen LogP contribution in [0.15, 0.2) is 53.4 Å². The van der Waals surface area contributed by atoms with Crippen LogP contribution < -0.4 is 4.74 Å². The van der Waals surface area contributed by atoms with Gasteiger partial charge in [0.1, 0.15) is 24.2 Å². The second-order valence-corrected chi connectivity index (χ2v) is 7.46. The molecule has 3 rings (SSSR count). The number of thioether (sulfide) groups is 1. The Hall–Kier alpha value is -3.13. The third-order valence-corrected chi connectivity index (χ3v) is 5.19. The van der Waals surface area contributed by atoms with Gasteiger partial charge in [0.2, 0.25) is 0 Å². The standard InChI is InChI=1S/C22H20FNO5S/c1-3-28-21(26)14(2)24-20(25)19(30-22(24)27)12-15-7-9-18(10-8-15)29-13-16-5-4-6-17(23)11-16/h4-12,14H,3,13H2,1-2H3/b19-12+/t14-/m0/s1. The number of esters is 1. The maximum atomic E-state index is 13.2. The first-order valence-electron chi connectivity index (χ1n) is 9.30. The van der Waals surface area contributed by atoms with E-state index in [2.05, 4.69) is 0 Å². The number of hydrogen-bond acceptors (Lipinski definition) is 6. The number of rotatable bonds is 7.